The first-order valence-electron chi connectivity index (χ1n) is 16.3. The summed E-state index contributed by atoms with van der Waals surface area (Å²) in [6, 6.07) is 32.2. The molecule has 5 heteroatoms. The zero-order chi connectivity index (χ0) is 33.5. The summed E-state index contributed by atoms with van der Waals surface area (Å²) < 4.78 is 39.7. The SMILES string of the molecule is [2H]C([2H])([2H])c1cnc(-c2[c-]ccc3c2Oc2ccccc2C3(C)C)cc1C([2H])(C)C.[CH3][Ge]([CH3])([CH3])[c]1ccc(-c2[c-]cccc2)nc1.[Ir]. The van der Waals surface area contributed by atoms with Gasteiger partial charge in [-0.05, 0) is 35.6 Å². The van der Waals surface area contributed by atoms with Crippen LogP contribution in [0.15, 0.2) is 91.3 Å². The third-order valence-corrected chi connectivity index (χ3v) is 12.0. The second kappa shape index (κ2) is 13.3. The normalized spacial score (nSPS) is 15.0. The average molecular weight is 810 g/mol. The van der Waals surface area contributed by atoms with Gasteiger partial charge in [0.05, 0.1) is 0 Å². The van der Waals surface area contributed by atoms with Gasteiger partial charge in [-0.1, -0.05) is 63.1 Å². The molecule has 0 aliphatic carbocycles. The Kier molecular flexibility index (Phi) is 8.50. The number of ether oxygens (including phenoxy) is 1. The molecule has 0 N–H and O–H groups in total. The molecule has 0 amide bonds. The standard InChI is InChI=1S/C24H24NO.C14H16GeN.Ir/c1-15(2)18-13-21(25-14-16(18)3)17-9-8-11-20-23(17)26-22-12-7-6-10-19(22)24(20,4)5;1-15(2,3)13-9-10-14(16-11-13)12-7-5-4-6-8-12;/h6-8,10-15H,1-5H3;4-7,9-11H,1-3H3;/q2*-1;/i3D3,15D;;. The smallest absolute Gasteiger partial charge is 0 e. The maximum atomic E-state index is 8.48. The van der Waals surface area contributed by atoms with Crippen molar-refractivity contribution < 1.29 is 30.3 Å². The Morgan fingerprint density at radius 1 is 0.860 bits per heavy atom. The van der Waals surface area contributed by atoms with Gasteiger partial charge in [-0.25, -0.2) is 0 Å². The van der Waals surface area contributed by atoms with Crippen LogP contribution in [0.4, 0.5) is 0 Å². The quantitative estimate of drug-likeness (QED) is 0.134. The van der Waals surface area contributed by atoms with Crippen molar-refractivity contribution in [3.8, 4) is 34.0 Å². The number of para-hydroxylation sites is 1. The van der Waals surface area contributed by atoms with Crippen LogP contribution >= 0.6 is 0 Å². The van der Waals surface area contributed by atoms with Crippen LogP contribution in [0.3, 0.4) is 0 Å². The van der Waals surface area contributed by atoms with E-state index in [0.717, 1.165) is 28.1 Å². The van der Waals surface area contributed by atoms with E-state index in [1.54, 1.807) is 19.9 Å². The van der Waals surface area contributed by atoms with Crippen molar-refractivity contribution in [2.24, 2.45) is 0 Å². The zero-order valence-electron chi connectivity index (χ0n) is 29.8. The molecule has 3 nitrogen and oxygen atoms in total. The first-order valence-corrected chi connectivity index (χ1v) is 21.6. The Labute approximate surface area is 279 Å². The van der Waals surface area contributed by atoms with Crippen LogP contribution in [0.1, 0.15) is 61.3 Å². The fraction of sp³-hybridized carbons (Fsp3) is 0.263. The van der Waals surface area contributed by atoms with Gasteiger partial charge in [0.2, 0.25) is 0 Å². The number of pyridine rings is 2. The molecule has 0 saturated carbocycles. The topological polar surface area (TPSA) is 35.0 Å². The van der Waals surface area contributed by atoms with E-state index >= 15 is 0 Å². The summed E-state index contributed by atoms with van der Waals surface area (Å²) in [4.78, 5) is 8.98. The molecule has 0 unspecified atom stereocenters. The maximum absolute atomic E-state index is 8.48. The van der Waals surface area contributed by atoms with Gasteiger partial charge in [0.1, 0.15) is 5.75 Å². The molecule has 3 heterocycles. The fourth-order valence-corrected chi connectivity index (χ4v) is 7.33. The van der Waals surface area contributed by atoms with Crippen LogP contribution in [0.2, 0.25) is 17.3 Å². The molecule has 43 heavy (non-hydrogen) atoms. The first kappa shape index (κ1) is 27.5. The predicted octanol–water partition coefficient (Wildman–Crippen LogP) is 9.50. The molecule has 0 spiro atoms. The van der Waals surface area contributed by atoms with Crippen molar-refractivity contribution in [3.05, 3.63) is 126 Å². The van der Waals surface area contributed by atoms with Crippen LogP contribution in [-0.2, 0) is 25.5 Å². The molecule has 0 fully saturated rings. The van der Waals surface area contributed by atoms with Crippen molar-refractivity contribution in [2.75, 3.05) is 0 Å². The zero-order valence-corrected chi connectivity index (χ0v) is 30.3. The number of aryl methyl sites for hydroxylation is 1. The number of fused-ring (bicyclic) bond motifs is 2. The van der Waals surface area contributed by atoms with E-state index in [9.17, 15) is 0 Å². The minimum absolute atomic E-state index is 0. The van der Waals surface area contributed by atoms with Gasteiger partial charge in [0.25, 0.3) is 0 Å². The van der Waals surface area contributed by atoms with Crippen molar-refractivity contribution in [2.45, 2.75) is 63.1 Å². The van der Waals surface area contributed by atoms with E-state index in [4.69, 9.17) is 10.2 Å². The summed E-state index contributed by atoms with van der Waals surface area (Å²) >= 11 is -1.72. The third-order valence-electron chi connectivity index (χ3n) is 7.71. The van der Waals surface area contributed by atoms with Crippen LogP contribution in [0, 0.1) is 19.0 Å². The average Bonchev–Trinajstić information content (AvgIpc) is 3.00. The fourth-order valence-electron chi connectivity index (χ4n) is 5.15. The molecule has 1 aliphatic heterocycles. The number of nitrogens with zero attached hydrogens (tertiary/aromatic N) is 2. The number of rotatable bonds is 4. The first-order chi connectivity index (χ1) is 21.5. The molecular formula is C38H40GeIrN2O-2. The Bertz CT molecular complexity index is 1850. The van der Waals surface area contributed by atoms with Crippen LogP contribution < -0.4 is 9.13 Å². The van der Waals surface area contributed by atoms with Gasteiger partial charge >= 0.3 is 99.8 Å². The number of aromatic nitrogens is 2. The predicted molar refractivity (Wildman–Crippen MR) is 177 cm³/mol. The summed E-state index contributed by atoms with van der Waals surface area (Å²) in [5.74, 6) is 7.51. The summed E-state index contributed by atoms with van der Waals surface area (Å²) in [6.45, 7) is 5.33. The minimum atomic E-state index is -2.34. The van der Waals surface area contributed by atoms with Crippen LogP contribution in [-0.4, -0.2) is 23.2 Å². The molecule has 0 saturated heterocycles. The van der Waals surface area contributed by atoms with E-state index in [1.165, 1.54) is 10.6 Å². The molecule has 0 atom stereocenters. The van der Waals surface area contributed by atoms with Gasteiger partial charge in [0, 0.05) is 48.5 Å². The minimum Gasteiger partial charge on any atom is 0 e. The molecule has 0 bridgehead atoms. The van der Waals surface area contributed by atoms with Crippen molar-refractivity contribution in [1.29, 1.82) is 0 Å². The Morgan fingerprint density at radius 2 is 1.60 bits per heavy atom. The number of hydrogen-bond donors (Lipinski definition) is 0. The molecule has 6 rings (SSSR count). The molecule has 2 aromatic heterocycles. The maximum Gasteiger partial charge on any atom is 0 e. The van der Waals surface area contributed by atoms with Crippen molar-refractivity contribution in [1.82, 2.24) is 9.97 Å². The molecule has 3 aromatic carbocycles. The molecule has 5 aromatic rings. The largest absolute Gasteiger partial charge is 0 e. The summed E-state index contributed by atoms with van der Waals surface area (Å²) in [7, 11) is 0. The monoisotopic (exact) mass is 811 g/mol. The second-order valence-corrected chi connectivity index (χ2v) is 23.0. The molecular weight excluding hydrogens is 765 g/mol. The van der Waals surface area contributed by atoms with E-state index in [-0.39, 0.29) is 31.1 Å². The summed E-state index contributed by atoms with van der Waals surface area (Å²) in [6.07, 6.45) is 3.40. The van der Waals surface area contributed by atoms with Gasteiger partial charge in [-0.15, -0.1) is 18.2 Å². The third kappa shape index (κ3) is 7.03. The second-order valence-electron chi connectivity index (χ2n) is 12.4. The van der Waals surface area contributed by atoms with Gasteiger partial charge in [0.15, 0.2) is 0 Å². The van der Waals surface area contributed by atoms with E-state index in [1.807, 2.05) is 60.8 Å². The Balaban J connectivity index is 0.000000249. The van der Waals surface area contributed by atoms with Gasteiger partial charge in [-0.2, -0.15) is 0 Å². The van der Waals surface area contributed by atoms with E-state index < -0.39 is 26.0 Å². The van der Waals surface area contributed by atoms with Gasteiger partial charge < -0.3 is 9.72 Å². The van der Waals surface area contributed by atoms with Crippen molar-refractivity contribution >= 4 is 17.7 Å². The molecule has 1 radical (unpaired) electrons. The van der Waals surface area contributed by atoms with E-state index in [2.05, 4.69) is 71.4 Å². The van der Waals surface area contributed by atoms with Gasteiger partial charge in [-0.3, -0.25) is 0 Å². The summed E-state index contributed by atoms with van der Waals surface area (Å²) in [5.41, 5.74) is 5.66. The molecule has 1 aliphatic rings. The number of hydrogen-bond acceptors (Lipinski definition) is 3. The summed E-state index contributed by atoms with van der Waals surface area (Å²) in [5, 5.41) is 0. The Hall–Kier alpha value is -3.05. The van der Waals surface area contributed by atoms with Crippen LogP contribution in [0.25, 0.3) is 22.5 Å². The Morgan fingerprint density at radius 3 is 2.26 bits per heavy atom. The van der Waals surface area contributed by atoms with E-state index in [0.29, 0.717) is 22.6 Å². The number of benzene rings is 3. The van der Waals surface area contributed by atoms with Crippen molar-refractivity contribution in [3.63, 3.8) is 0 Å². The van der Waals surface area contributed by atoms with Crippen LogP contribution in [0.5, 0.6) is 11.5 Å². The molecule has 223 valence electrons.